The van der Waals surface area contributed by atoms with E-state index in [1.807, 2.05) is 0 Å². The number of nitrogens with zero attached hydrogens (tertiary/aromatic N) is 1. The molecule has 1 N–H and O–H groups in total. The van der Waals surface area contributed by atoms with E-state index in [1.165, 1.54) is 6.26 Å². The molecule has 1 heterocycles. The summed E-state index contributed by atoms with van der Waals surface area (Å²) >= 11 is 0. The summed E-state index contributed by atoms with van der Waals surface area (Å²) < 4.78 is 22.2. The quantitative estimate of drug-likeness (QED) is 0.789. The average molecular weight is 249 g/mol. The minimum Gasteiger partial charge on any atom is -0.392 e. The second-order valence-corrected chi connectivity index (χ2v) is 7.31. The molecular weight excluding hydrogens is 226 g/mol. The van der Waals surface area contributed by atoms with Crippen LogP contribution in [-0.2, 0) is 9.84 Å². The van der Waals surface area contributed by atoms with E-state index in [0.29, 0.717) is 6.04 Å². The van der Waals surface area contributed by atoms with Crippen molar-refractivity contribution in [2.75, 3.05) is 25.1 Å². The molecule has 4 nitrogen and oxygen atoms in total. The van der Waals surface area contributed by atoms with Crippen molar-refractivity contribution in [2.24, 2.45) is 5.92 Å². The molecule has 5 heteroatoms. The first kappa shape index (κ1) is 13.9. The van der Waals surface area contributed by atoms with Gasteiger partial charge in [0, 0.05) is 12.3 Å². The van der Waals surface area contributed by atoms with Gasteiger partial charge in [-0.05, 0) is 45.7 Å². The van der Waals surface area contributed by atoms with Crippen LogP contribution >= 0.6 is 0 Å². The number of piperidine rings is 1. The highest BCUT2D eigenvalue weighted by Crippen LogP contribution is 2.22. The fraction of sp³-hybridized carbons (Fsp3) is 1.00. The lowest BCUT2D eigenvalue weighted by molar-refractivity contribution is 0.0634. The predicted molar refractivity (Wildman–Crippen MR) is 65.2 cm³/mol. The monoisotopic (exact) mass is 249 g/mol. The molecule has 0 spiro atoms. The molecule has 0 aliphatic carbocycles. The van der Waals surface area contributed by atoms with Gasteiger partial charge >= 0.3 is 0 Å². The first-order valence-corrected chi connectivity index (χ1v) is 7.95. The highest BCUT2D eigenvalue weighted by molar-refractivity contribution is 7.90. The third-order valence-corrected chi connectivity index (χ3v) is 4.27. The lowest BCUT2D eigenvalue weighted by Gasteiger charge is -2.36. The van der Waals surface area contributed by atoms with Gasteiger partial charge in [-0.3, -0.25) is 0 Å². The van der Waals surface area contributed by atoms with E-state index in [1.54, 1.807) is 0 Å². The number of hydrogen-bond donors (Lipinski definition) is 1. The van der Waals surface area contributed by atoms with Gasteiger partial charge in [-0.25, -0.2) is 8.42 Å². The molecule has 0 bridgehead atoms. The summed E-state index contributed by atoms with van der Waals surface area (Å²) in [4.78, 5) is 2.36. The second kappa shape index (κ2) is 5.47. The normalized spacial score (nSPS) is 22.6. The smallest absolute Gasteiger partial charge is 0.150 e. The van der Waals surface area contributed by atoms with Gasteiger partial charge in [-0.1, -0.05) is 0 Å². The van der Waals surface area contributed by atoms with Crippen LogP contribution in [0.5, 0.6) is 0 Å². The van der Waals surface area contributed by atoms with Gasteiger partial charge in [0.2, 0.25) is 0 Å². The SMILES string of the molecule is CC(C)N1CCC(C(O)CS(C)(=O)=O)CC1. The molecule has 96 valence electrons. The zero-order valence-electron chi connectivity index (χ0n) is 10.4. The highest BCUT2D eigenvalue weighted by Gasteiger charge is 2.27. The van der Waals surface area contributed by atoms with E-state index < -0.39 is 15.9 Å². The van der Waals surface area contributed by atoms with Crippen molar-refractivity contribution in [3.63, 3.8) is 0 Å². The highest BCUT2D eigenvalue weighted by atomic mass is 32.2. The second-order valence-electron chi connectivity index (χ2n) is 5.13. The maximum Gasteiger partial charge on any atom is 0.150 e. The van der Waals surface area contributed by atoms with Crippen molar-refractivity contribution in [1.82, 2.24) is 4.90 Å². The van der Waals surface area contributed by atoms with Crippen LogP contribution in [0.1, 0.15) is 26.7 Å². The van der Waals surface area contributed by atoms with Gasteiger partial charge in [0.1, 0.15) is 9.84 Å². The summed E-state index contributed by atoms with van der Waals surface area (Å²) in [6.07, 6.45) is 2.28. The minimum absolute atomic E-state index is 0.0979. The van der Waals surface area contributed by atoms with E-state index >= 15 is 0 Å². The summed E-state index contributed by atoms with van der Waals surface area (Å²) in [6, 6.07) is 0.535. The Morgan fingerprint density at radius 3 is 2.19 bits per heavy atom. The number of likely N-dealkylation sites (tertiary alicyclic amines) is 1. The molecule has 0 amide bonds. The van der Waals surface area contributed by atoms with Gasteiger partial charge < -0.3 is 10.0 Å². The van der Waals surface area contributed by atoms with Crippen LogP contribution in [0.2, 0.25) is 0 Å². The van der Waals surface area contributed by atoms with Gasteiger partial charge in [-0.15, -0.1) is 0 Å². The Morgan fingerprint density at radius 2 is 1.81 bits per heavy atom. The summed E-state index contributed by atoms with van der Waals surface area (Å²) in [5, 5.41) is 9.84. The van der Waals surface area contributed by atoms with Crippen LogP contribution in [0, 0.1) is 5.92 Å². The van der Waals surface area contributed by atoms with Crippen LogP contribution in [-0.4, -0.2) is 55.7 Å². The zero-order chi connectivity index (χ0) is 12.3. The Hall–Kier alpha value is -0.130. The van der Waals surface area contributed by atoms with E-state index in [4.69, 9.17) is 0 Å². The number of sulfone groups is 1. The maximum absolute atomic E-state index is 11.1. The molecule has 1 aliphatic rings. The molecule has 1 unspecified atom stereocenters. The largest absolute Gasteiger partial charge is 0.392 e. The molecule has 1 aliphatic heterocycles. The fourth-order valence-electron chi connectivity index (χ4n) is 2.27. The summed E-state index contributed by atoms with van der Waals surface area (Å²) in [7, 11) is -3.07. The molecule has 0 radical (unpaired) electrons. The molecule has 0 aromatic heterocycles. The first-order valence-electron chi connectivity index (χ1n) is 5.89. The Bertz CT molecular complexity index is 305. The van der Waals surface area contributed by atoms with Gasteiger partial charge in [0.05, 0.1) is 11.9 Å². The Labute approximate surface area is 98.6 Å². The average Bonchev–Trinajstić information content (AvgIpc) is 2.15. The Balaban J connectivity index is 2.42. The van der Waals surface area contributed by atoms with Crippen molar-refractivity contribution in [1.29, 1.82) is 0 Å². The van der Waals surface area contributed by atoms with Crippen LogP contribution in [0.25, 0.3) is 0 Å². The first-order chi connectivity index (χ1) is 7.29. The molecule has 1 atom stereocenters. The van der Waals surface area contributed by atoms with Crippen molar-refractivity contribution in [3.8, 4) is 0 Å². The van der Waals surface area contributed by atoms with Crippen molar-refractivity contribution in [2.45, 2.75) is 38.8 Å². The summed E-state index contributed by atoms with van der Waals surface area (Å²) in [5.41, 5.74) is 0. The van der Waals surface area contributed by atoms with Crippen LogP contribution in [0.15, 0.2) is 0 Å². The number of aliphatic hydroxyl groups is 1. The maximum atomic E-state index is 11.1. The van der Waals surface area contributed by atoms with Crippen LogP contribution in [0.4, 0.5) is 0 Å². The van der Waals surface area contributed by atoms with Crippen molar-refractivity contribution < 1.29 is 13.5 Å². The zero-order valence-corrected chi connectivity index (χ0v) is 11.2. The lowest BCUT2D eigenvalue weighted by atomic mass is 9.91. The van der Waals surface area contributed by atoms with Crippen molar-refractivity contribution in [3.05, 3.63) is 0 Å². The van der Waals surface area contributed by atoms with E-state index in [0.717, 1.165) is 25.9 Å². The number of hydrogen-bond acceptors (Lipinski definition) is 4. The molecule has 1 saturated heterocycles. The van der Waals surface area contributed by atoms with E-state index in [2.05, 4.69) is 18.7 Å². The fourth-order valence-corrected chi connectivity index (χ4v) is 3.16. The third kappa shape index (κ3) is 4.39. The molecule has 0 saturated carbocycles. The van der Waals surface area contributed by atoms with Crippen LogP contribution in [0.3, 0.4) is 0 Å². The Morgan fingerprint density at radius 1 is 1.31 bits per heavy atom. The molecule has 1 rings (SSSR count). The van der Waals surface area contributed by atoms with E-state index in [-0.39, 0.29) is 11.7 Å². The van der Waals surface area contributed by atoms with Gasteiger partial charge in [-0.2, -0.15) is 0 Å². The number of aliphatic hydroxyl groups excluding tert-OH is 1. The third-order valence-electron chi connectivity index (χ3n) is 3.32. The molecule has 0 aromatic rings. The predicted octanol–water partition coefficient (Wildman–Crippen LogP) is 0.512. The summed E-state index contributed by atoms with van der Waals surface area (Å²) in [6.45, 7) is 6.24. The Kier molecular flexibility index (Phi) is 4.76. The van der Waals surface area contributed by atoms with Gasteiger partial charge in [0.15, 0.2) is 0 Å². The van der Waals surface area contributed by atoms with E-state index in [9.17, 15) is 13.5 Å². The standard InChI is InChI=1S/C11H23NO3S/c1-9(2)12-6-4-10(5-7-12)11(13)8-16(3,14)15/h9-11,13H,4-8H2,1-3H3. The lowest BCUT2D eigenvalue weighted by Crippen LogP contribution is -2.42. The molecule has 16 heavy (non-hydrogen) atoms. The molecule has 1 fully saturated rings. The van der Waals surface area contributed by atoms with Crippen LogP contribution < -0.4 is 0 Å². The van der Waals surface area contributed by atoms with Crippen molar-refractivity contribution >= 4 is 9.84 Å². The molecular formula is C11H23NO3S. The number of rotatable bonds is 4. The topological polar surface area (TPSA) is 57.6 Å². The minimum atomic E-state index is -3.07. The molecule has 0 aromatic carbocycles. The summed E-state index contributed by atoms with van der Waals surface area (Å²) in [5.74, 6) is 0.0454. The van der Waals surface area contributed by atoms with Gasteiger partial charge in [0.25, 0.3) is 0 Å².